The van der Waals surface area contributed by atoms with E-state index < -0.39 is 0 Å². The van der Waals surface area contributed by atoms with Crippen LogP contribution >= 0.6 is 0 Å². The molecule has 6 aromatic carbocycles. The van der Waals surface area contributed by atoms with Gasteiger partial charge in [-0.05, 0) is 48.5 Å². The summed E-state index contributed by atoms with van der Waals surface area (Å²) in [5.41, 5.74) is 10.3. The summed E-state index contributed by atoms with van der Waals surface area (Å²) in [4.78, 5) is 19.2. The zero-order chi connectivity index (χ0) is 33.0. The molecule has 0 bridgehead atoms. The second-order valence-electron chi connectivity index (χ2n) is 12.4. The lowest BCUT2D eigenvalue weighted by atomic mass is 10.0. The molecule has 10 rings (SSSR count). The summed E-state index contributed by atoms with van der Waals surface area (Å²) >= 11 is 0. The number of rotatable bonds is 5. The quantitative estimate of drug-likeness (QED) is 0.188. The Kier molecular flexibility index (Phi) is 6.39. The van der Waals surface area contributed by atoms with Crippen molar-refractivity contribution in [1.29, 1.82) is 0 Å². The number of aromatic nitrogens is 6. The van der Waals surface area contributed by atoms with E-state index in [2.05, 4.69) is 159 Å². The van der Waals surface area contributed by atoms with E-state index in [1.165, 1.54) is 21.7 Å². The van der Waals surface area contributed by atoms with Crippen molar-refractivity contribution in [3.8, 4) is 45.4 Å². The first kappa shape index (κ1) is 28.1. The summed E-state index contributed by atoms with van der Waals surface area (Å²) in [6.45, 7) is 0. The molecule has 0 saturated heterocycles. The van der Waals surface area contributed by atoms with E-state index in [4.69, 9.17) is 9.97 Å². The average molecular weight is 641 g/mol. The Labute approximate surface area is 287 Å². The Bertz CT molecular complexity index is 2850. The highest BCUT2D eigenvalue weighted by atomic mass is 15.0. The van der Waals surface area contributed by atoms with Crippen LogP contribution in [-0.4, -0.2) is 29.1 Å². The van der Waals surface area contributed by atoms with Crippen LogP contribution in [-0.2, 0) is 0 Å². The zero-order valence-corrected chi connectivity index (χ0v) is 26.8. The van der Waals surface area contributed by atoms with Crippen molar-refractivity contribution in [2.75, 3.05) is 0 Å². The van der Waals surface area contributed by atoms with Crippen LogP contribution in [0.15, 0.2) is 170 Å². The van der Waals surface area contributed by atoms with E-state index in [1.807, 2.05) is 18.2 Å². The zero-order valence-electron chi connectivity index (χ0n) is 26.8. The maximum atomic E-state index is 5.23. The van der Waals surface area contributed by atoms with Gasteiger partial charge in [-0.2, -0.15) is 0 Å². The fraction of sp³-hybridized carbons (Fsp3) is 0. The van der Waals surface area contributed by atoms with Crippen LogP contribution in [0.1, 0.15) is 0 Å². The Morgan fingerprint density at radius 2 is 1.18 bits per heavy atom. The van der Waals surface area contributed by atoms with Crippen LogP contribution in [0.2, 0.25) is 0 Å². The summed E-state index contributed by atoms with van der Waals surface area (Å²) in [5, 5.41) is 4.61. The van der Waals surface area contributed by atoms with Gasteiger partial charge in [-0.1, -0.05) is 103 Å². The van der Waals surface area contributed by atoms with Crippen molar-refractivity contribution in [2.24, 2.45) is 0 Å². The molecule has 0 aliphatic carbocycles. The number of hydrogen-bond acceptors (Lipinski definition) is 4. The van der Waals surface area contributed by atoms with Crippen LogP contribution < -0.4 is 0 Å². The van der Waals surface area contributed by atoms with Crippen molar-refractivity contribution in [3.05, 3.63) is 170 Å². The molecule has 0 atom stereocenters. The SMILES string of the molecule is c1ccc(-n2ccc3ccc4c5ccccc5n(-c5cccc(-c6nc(-c7ccc(-c8ncccn8)cc7)c7ccccc7n6)c5)c4c32)cc1. The van der Waals surface area contributed by atoms with Gasteiger partial charge in [0.15, 0.2) is 11.6 Å². The lowest BCUT2D eigenvalue weighted by molar-refractivity contribution is 1.11. The van der Waals surface area contributed by atoms with Crippen molar-refractivity contribution >= 4 is 43.6 Å². The van der Waals surface area contributed by atoms with Crippen LogP contribution in [0.3, 0.4) is 0 Å². The summed E-state index contributed by atoms with van der Waals surface area (Å²) in [6, 6.07) is 52.8. The van der Waals surface area contributed by atoms with Gasteiger partial charge in [0.05, 0.1) is 27.8 Å². The van der Waals surface area contributed by atoms with Gasteiger partial charge in [0.25, 0.3) is 0 Å². The van der Waals surface area contributed by atoms with Gasteiger partial charge in [-0.15, -0.1) is 0 Å². The maximum Gasteiger partial charge on any atom is 0.160 e. The largest absolute Gasteiger partial charge is 0.315 e. The predicted octanol–water partition coefficient (Wildman–Crippen LogP) is 10.5. The molecule has 0 saturated carbocycles. The smallest absolute Gasteiger partial charge is 0.160 e. The molecular weight excluding hydrogens is 613 g/mol. The standard InChI is InChI=1S/C44H28N6/c1-2-11-33(12-3-1)49-27-24-30-22-23-36-35-14-5-7-17-39(35)50(42(36)41(30)49)34-13-8-10-32(28-34)44-47-38-16-6-4-15-37(38)40(48-44)29-18-20-31(21-19-29)43-45-25-9-26-46-43/h1-28H. The van der Waals surface area contributed by atoms with Gasteiger partial charge in [0, 0.05) is 68.2 Å². The molecule has 0 N–H and O–H groups in total. The van der Waals surface area contributed by atoms with Crippen LogP contribution in [0, 0.1) is 0 Å². The molecule has 4 aromatic heterocycles. The Morgan fingerprint density at radius 1 is 0.440 bits per heavy atom. The highest BCUT2D eigenvalue weighted by molar-refractivity contribution is 6.18. The van der Waals surface area contributed by atoms with Gasteiger partial charge < -0.3 is 9.13 Å². The van der Waals surface area contributed by atoms with E-state index in [0.717, 1.165) is 55.7 Å². The summed E-state index contributed by atoms with van der Waals surface area (Å²) in [7, 11) is 0. The van der Waals surface area contributed by atoms with Gasteiger partial charge in [-0.3, -0.25) is 0 Å². The first-order valence-electron chi connectivity index (χ1n) is 16.6. The first-order chi connectivity index (χ1) is 24.8. The minimum Gasteiger partial charge on any atom is -0.315 e. The molecule has 4 heterocycles. The van der Waals surface area contributed by atoms with Crippen molar-refractivity contribution in [2.45, 2.75) is 0 Å². The molecule has 0 aliphatic rings. The summed E-state index contributed by atoms with van der Waals surface area (Å²) < 4.78 is 4.69. The molecule has 0 unspecified atom stereocenters. The van der Waals surface area contributed by atoms with Gasteiger partial charge >= 0.3 is 0 Å². The van der Waals surface area contributed by atoms with Crippen LogP contribution in [0.25, 0.3) is 89.0 Å². The molecule has 6 heteroatoms. The Balaban J connectivity index is 1.17. The molecular formula is C44H28N6. The third-order valence-electron chi connectivity index (χ3n) is 9.47. The maximum absolute atomic E-state index is 5.23. The monoisotopic (exact) mass is 640 g/mol. The second kappa shape index (κ2) is 11.4. The van der Waals surface area contributed by atoms with E-state index in [-0.39, 0.29) is 0 Å². The molecule has 10 aromatic rings. The van der Waals surface area contributed by atoms with Gasteiger partial charge in [-0.25, -0.2) is 19.9 Å². The van der Waals surface area contributed by atoms with E-state index in [1.54, 1.807) is 12.4 Å². The average Bonchev–Trinajstić information content (AvgIpc) is 3.78. The fourth-order valence-corrected chi connectivity index (χ4v) is 7.18. The molecule has 0 radical (unpaired) electrons. The number of hydrogen-bond donors (Lipinski definition) is 0. The van der Waals surface area contributed by atoms with Crippen LogP contribution in [0.5, 0.6) is 0 Å². The second-order valence-corrected chi connectivity index (χ2v) is 12.4. The normalized spacial score (nSPS) is 11.6. The fourth-order valence-electron chi connectivity index (χ4n) is 7.18. The molecule has 50 heavy (non-hydrogen) atoms. The van der Waals surface area contributed by atoms with Gasteiger partial charge in [0.1, 0.15) is 0 Å². The number of para-hydroxylation sites is 3. The molecule has 6 nitrogen and oxygen atoms in total. The van der Waals surface area contributed by atoms with E-state index in [9.17, 15) is 0 Å². The van der Waals surface area contributed by atoms with Crippen molar-refractivity contribution in [3.63, 3.8) is 0 Å². The summed E-state index contributed by atoms with van der Waals surface area (Å²) in [6.07, 6.45) is 5.69. The predicted molar refractivity (Wildman–Crippen MR) is 203 cm³/mol. The van der Waals surface area contributed by atoms with Crippen LogP contribution in [0.4, 0.5) is 0 Å². The Hall–Kier alpha value is -6.92. The molecule has 0 aliphatic heterocycles. The number of benzene rings is 6. The molecule has 234 valence electrons. The van der Waals surface area contributed by atoms with Gasteiger partial charge in [0.2, 0.25) is 0 Å². The third kappa shape index (κ3) is 4.50. The van der Waals surface area contributed by atoms with Crippen molar-refractivity contribution in [1.82, 2.24) is 29.1 Å². The highest BCUT2D eigenvalue weighted by Gasteiger charge is 2.19. The first-order valence-corrected chi connectivity index (χ1v) is 16.6. The highest BCUT2D eigenvalue weighted by Crippen LogP contribution is 2.39. The molecule has 0 fully saturated rings. The van der Waals surface area contributed by atoms with E-state index in [0.29, 0.717) is 11.6 Å². The molecule has 0 amide bonds. The van der Waals surface area contributed by atoms with E-state index >= 15 is 0 Å². The summed E-state index contributed by atoms with van der Waals surface area (Å²) in [5.74, 6) is 1.37. The number of nitrogens with zero attached hydrogens (tertiary/aromatic N) is 6. The Morgan fingerprint density at radius 3 is 2.04 bits per heavy atom. The molecule has 0 spiro atoms. The minimum atomic E-state index is 0.676. The minimum absolute atomic E-state index is 0.676. The lowest BCUT2D eigenvalue weighted by Gasteiger charge is -2.13. The van der Waals surface area contributed by atoms with Crippen molar-refractivity contribution < 1.29 is 0 Å². The lowest BCUT2D eigenvalue weighted by Crippen LogP contribution is -1.99. The number of fused-ring (bicyclic) bond motifs is 6. The topological polar surface area (TPSA) is 61.4 Å². The third-order valence-corrected chi connectivity index (χ3v) is 9.47.